The van der Waals surface area contributed by atoms with Gasteiger partial charge in [-0.1, -0.05) is 6.07 Å². The minimum absolute atomic E-state index is 0.148. The number of ether oxygens (including phenoxy) is 2. The van der Waals surface area contributed by atoms with Crippen LogP contribution in [0.15, 0.2) is 36.4 Å². The number of likely N-dealkylation sites (tertiary alicyclic amines) is 1. The minimum atomic E-state index is -4.78. The molecule has 2 aromatic carbocycles. The van der Waals surface area contributed by atoms with Crippen molar-refractivity contribution in [2.45, 2.75) is 38.0 Å². The van der Waals surface area contributed by atoms with Crippen LogP contribution < -0.4 is 9.47 Å². The molecule has 1 saturated heterocycles. The van der Waals surface area contributed by atoms with Gasteiger partial charge in [0.2, 0.25) is 0 Å². The van der Waals surface area contributed by atoms with Crippen molar-refractivity contribution < 1.29 is 50.8 Å². The van der Waals surface area contributed by atoms with Gasteiger partial charge in [-0.2, -0.15) is 26.3 Å². The number of aliphatic hydroxyl groups excluding tert-OH is 1. The molecule has 2 heterocycles. The average molecular weight is 519 g/mol. The number of benzene rings is 2. The molecule has 0 saturated carbocycles. The Morgan fingerprint density at radius 2 is 1.75 bits per heavy atom. The van der Waals surface area contributed by atoms with Crippen molar-refractivity contribution in [1.82, 2.24) is 4.90 Å². The number of nitrogens with zero attached hydrogens (tertiary/aromatic N) is 1. The summed E-state index contributed by atoms with van der Waals surface area (Å²) >= 11 is 0. The van der Waals surface area contributed by atoms with Crippen LogP contribution in [0.1, 0.15) is 35.3 Å². The largest absolute Gasteiger partial charge is 0.486 e. The van der Waals surface area contributed by atoms with E-state index in [1.165, 1.54) is 19.1 Å². The van der Waals surface area contributed by atoms with Crippen molar-refractivity contribution in [3.8, 4) is 11.5 Å². The first-order valence-electron chi connectivity index (χ1n) is 11.1. The van der Waals surface area contributed by atoms with Crippen LogP contribution in [0.3, 0.4) is 0 Å². The third-order valence-electron chi connectivity index (χ3n) is 6.50. The number of halogens is 6. The van der Waals surface area contributed by atoms with Crippen molar-refractivity contribution in [2.75, 3.05) is 19.7 Å². The van der Waals surface area contributed by atoms with Gasteiger partial charge in [-0.15, -0.1) is 0 Å². The highest BCUT2D eigenvalue weighted by molar-refractivity contribution is 5.70. The third kappa shape index (κ3) is 5.39. The molecule has 6 nitrogen and oxygen atoms in total. The van der Waals surface area contributed by atoms with Crippen LogP contribution in [0.5, 0.6) is 11.5 Å². The van der Waals surface area contributed by atoms with Crippen molar-refractivity contribution in [2.24, 2.45) is 11.8 Å². The first kappa shape index (κ1) is 26.1. The number of hydrogen-bond donors (Lipinski definition) is 2. The predicted molar refractivity (Wildman–Crippen MR) is 113 cm³/mol. The Bertz CT molecular complexity index is 1130. The van der Waals surface area contributed by atoms with Gasteiger partial charge in [0.1, 0.15) is 12.7 Å². The zero-order chi connectivity index (χ0) is 26.4. The molecule has 0 bridgehead atoms. The summed E-state index contributed by atoms with van der Waals surface area (Å²) in [7, 11) is 0. The number of carbonyl (C=O) groups is 1. The van der Waals surface area contributed by atoms with Gasteiger partial charge in [0.05, 0.1) is 23.1 Å². The summed E-state index contributed by atoms with van der Waals surface area (Å²) in [5.41, 5.74) is -2.37. The second-order valence-corrected chi connectivity index (χ2v) is 9.07. The standard InChI is InChI=1S/C24H23F6NO5/c1-12(22(33)34)21(32)13-2-5-18-19(7-13)36-20(11-35-18)15-9-31(10-15)8-14-6-16(23(25,26)27)3-4-17(14)24(28,29)30/h2-7,12,15,20-21,32H,8-11H2,1H3,(H,33,34)/t12-,20+,21+/m0/s1. The van der Waals surface area contributed by atoms with Gasteiger partial charge in [0.25, 0.3) is 0 Å². The first-order valence-corrected chi connectivity index (χ1v) is 11.1. The van der Waals surface area contributed by atoms with Crippen LogP contribution in [0.25, 0.3) is 0 Å². The van der Waals surface area contributed by atoms with Crippen molar-refractivity contribution in [3.63, 3.8) is 0 Å². The molecule has 2 N–H and O–H groups in total. The average Bonchev–Trinajstić information content (AvgIpc) is 2.78. The Labute approximate surface area is 202 Å². The maximum Gasteiger partial charge on any atom is 0.416 e. The number of carboxylic acid groups (broad SMARTS) is 1. The monoisotopic (exact) mass is 519 g/mol. The molecule has 1 fully saturated rings. The Morgan fingerprint density at radius 1 is 1.06 bits per heavy atom. The normalized spacial score (nSPS) is 20.5. The Hall–Kier alpha value is -2.99. The van der Waals surface area contributed by atoms with Crippen LogP contribution in [-0.2, 0) is 23.7 Å². The lowest BCUT2D eigenvalue weighted by molar-refractivity contribution is -0.145. The molecule has 196 valence electrons. The van der Waals surface area contributed by atoms with E-state index in [1.807, 2.05) is 0 Å². The molecule has 0 spiro atoms. The molecule has 2 aliphatic heterocycles. The van der Waals surface area contributed by atoms with E-state index in [4.69, 9.17) is 14.6 Å². The number of aliphatic carboxylic acids is 1. The van der Waals surface area contributed by atoms with E-state index in [-0.39, 0.29) is 32.2 Å². The lowest BCUT2D eigenvalue weighted by Crippen LogP contribution is -2.55. The topological polar surface area (TPSA) is 79.2 Å². The molecule has 3 atom stereocenters. The summed E-state index contributed by atoms with van der Waals surface area (Å²) in [5.74, 6) is -1.67. The van der Waals surface area contributed by atoms with E-state index in [0.717, 1.165) is 0 Å². The van der Waals surface area contributed by atoms with Crippen LogP contribution in [0.2, 0.25) is 0 Å². The van der Waals surface area contributed by atoms with Crippen LogP contribution in [-0.4, -0.2) is 46.9 Å². The fraction of sp³-hybridized carbons (Fsp3) is 0.458. The zero-order valence-corrected chi connectivity index (χ0v) is 18.9. The van der Waals surface area contributed by atoms with Gasteiger partial charge in [0, 0.05) is 25.6 Å². The third-order valence-corrected chi connectivity index (χ3v) is 6.50. The predicted octanol–water partition coefficient (Wildman–Crippen LogP) is 4.75. The summed E-state index contributed by atoms with van der Waals surface area (Å²) in [4.78, 5) is 12.8. The number of aliphatic hydroxyl groups is 1. The van der Waals surface area contributed by atoms with Crippen molar-refractivity contribution in [3.05, 3.63) is 58.7 Å². The smallest absolute Gasteiger partial charge is 0.416 e. The van der Waals surface area contributed by atoms with Gasteiger partial charge in [-0.25, -0.2) is 0 Å². The lowest BCUT2D eigenvalue weighted by atomic mass is 9.91. The minimum Gasteiger partial charge on any atom is -0.486 e. The Kier molecular flexibility index (Phi) is 6.86. The molecule has 2 aliphatic rings. The molecule has 36 heavy (non-hydrogen) atoms. The van der Waals surface area contributed by atoms with Gasteiger partial charge in [-0.3, -0.25) is 9.69 Å². The van der Waals surface area contributed by atoms with Crippen molar-refractivity contribution in [1.29, 1.82) is 0 Å². The second kappa shape index (κ2) is 9.47. The maximum absolute atomic E-state index is 13.4. The highest BCUT2D eigenvalue weighted by atomic mass is 19.4. The maximum atomic E-state index is 13.4. The molecule has 0 aliphatic carbocycles. The molecule has 0 aromatic heterocycles. The molecule has 2 aromatic rings. The molecule has 0 amide bonds. The van der Waals surface area contributed by atoms with E-state index < -0.39 is 53.1 Å². The Balaban J connectivity index is 1.42. The number of carboxylic acids is 1. The molecule has 4 rings (SSSR count). The van der Waals surface area contributed by atoms with Gasteiger partial charge >= 0.3 is 18.3 Å². The van der Waals surface area contributed by atoms with E-state index >= 15 is 0 Å². The van der Waals surface area contributed by atoms with Gasteiger partial charge in [-0.05, 0) is 48.4 Å². The van der Waals surface area contributed by atoms with Gasteiger partial charge < -0.3 is 19.7 Å². The quantitative estimate of drug-likeness (QED) is 0.537. The lowest BCUT2D eigenvalue weighted by Gasteiger charge is -2.44. The van der Waals surface area contributed by atoms with Crippen LogP contribution in [0, 0.1) is 11.8 Å². The van der Waals surface area contributed by atoms with Crippen molar-refractivity contribution >= 4 is 5.97 Å². The highest BCUT2D eigenvalue weighted by Crippen LogP contribution is 2.40. The molecule has 0 radical (unpaired) electrons. The number of alkyl halides is 6. The summed E-state index contributed by atoms with van der Waals surface area (Å²) in [6.45, 7) is 1.80. The Morgan fingerprint density at radius 3 is 2.36 bits per heavy atom. The fourth-order valence-electron chi connectivity index (χ4n) is 4.34. The molecular weight excluding hydrogens is 496 g/mol. The molecular formula is C24H23F6NO5. The zero-order valence-electron chi connectivity index (χ0n) is 18.9. The number of rotatable bonds is 6. The van der Waals surface area contributed by atoms with Crippen LogP contribution >= 0.6 is 0 Å². The highest BCUT2D eigenvalue weighted by Gasteiger charge is 2.41. The molecule has 12 heteroatoms. The van der Waals surface area contributed by atoms with Gasteiger partial charge in [0.15, 0.2) is 11.5 Å². The SMILES string of the molecule is C[C@H](C(=O)O)[C@@H](O)c1ccc2c(c1)O[C@@H](C1CN(Cc3cc(C(F)(F)F)ccc3C(F)(F)F)C1)CO2. The molecule has 0 unspecified atom stereocenters. The van der Waals surface area contributed by atoms with Crippen LogP contribution in [0.4, 0.5) is 26.3 Å². The van der Waals surface area contributed by atoms with E-state index in [9.17, 15) is 36.2 Å². The first-order chi connectivity index (χ1) is 16.7. The van der Waals surface area contributed by atoms with E-state index in [1.54, 1.807) is 11.0 Å². The number of fused-ring (bicyclic) bond motifs is 1. The van der Waals surface area contributed by atoms with E-state index in [2.05, 4.69) is 0 Å². The summed E-state index contributed by atoms with van der Waals surface area (Å²) in [6.07, 6.45) is -11.3. The van der Waals surface area contributed by atoms with E-state index in [0.29, 0.717) is 35.3 Å². The summed E-state index contributed by atoms with van der Waals surface area (Å²) < 4.78 is 90.9. The summed E-state index contributed by atoms with van der Waals surface area (Å²) in [5, 5.41) is 19.4. The summed E-state index contributed by atoms with van der Waals surface area (Å²) in [6, 6.07) is 6.00. The second-order valence-electron chi connectivity index (χ2n) is 9.07. The fourth-order valence-corrected chi connectivity index (χ4v) is 4.34. The number of hydrogen-bond acceptors (Lipinski definition) is 5.